The minimum Gasteiger partial charge on any atom is -0.329 e. The van der Waals surface area contributed by atoms with Gasteiger partial charge in [-0.15, -0.1) is 0 Å². The molecule has 0 bridgehead atoms. The first kappa shape index (κ1) is 14.9. The molecule has 0 aliphatic carbocycles. The molecule has 5 nitrogen and oxygen atoms in total. The van der Waals surface area contributed by atoms with Crippen molar-refractivity contribution in [2.24, 2.45) is 5.84 Å². The number of nitrogens with one attached hydrogen (secondary N) is 1. The van der Waals surface area contributed by atoms with Crippen molar-refractivity contribution in [3.05, 3.63) is 39.5 Å². The van der Waals surface area contributed by atoms with Crippen LogP contribution in [-0.4, -0.2) is 10.1 Å². The highest BCUT2D eigenvalue weighted by molar-refractivity contribution is 6.36. The minimum atomic E-state index is -4.69. The first-order valence-corrected chi connectivity index (χ1v) is 5.91. The zero-order valence-corrected chi connectivity index (χ0v) is 11.1. The number of hydrogen-bond acceptors (Lipinski definition) is 5. The summed E-state index contributed by atoms with van der Waals surface area (Å²) < 4.78 is 41.1. The maximum Gasteiger partial charge on any atom is 0.471 e. The Bertz CT molecular complexity index is 606. The highest BCUT2D eigenvalue weighted by atomic mass is 35.5. The molecule has 2 rings (SSSR count). The smallest absolute Gasteiger partial charge is 0.329 e. The molecule has 0 fully saturated rings. The standard InChI is InChI=1S/C10H7Cl2F3N4O/c11-6-1-4(18-16)2-7(12)5(6)3-8-17-9(20-19-8)10(13,14)15/h1-2,18H,3,16H2. The van der Waals surface area contributed by atoms with Gasteiger partial charge in [-0.1, -0.05) is 28.4 Å². The van der Waals surface area contributed by atoms with Crippen LogP contribution in [0.5, 0.6) is 0 Å². The van der Waals surface area contributed by atoms with E-state index in [1.54, 1.807) is 0 Å². The van der Waals surface area contributed by atoms with Crippen LogP contribution in [0, 0.1) is 0 Å². The molecule has 0 saturated heterocycles. The molecule has 108 valence electrons. The van der Waals surface area contributed by atoms with E-state index in [-0.39, 0.29) is 22.3 Å². The van der Waals surface area contributed by atoms with Crippen LogP contribution in [0.4, 0.5) is 18.9 Å². The lowest BCUT2D eigenvalue weighted by atomic mass is 10.1. The normalized spacial score (nSPS) is 11.7. The van der Waals surface area contributed by atoms with Crippen molar-refractivity contribution >= 4 is 28.9 Å². The average Bonchev–Trinajstić information content (AvgIpc) is 2.82. The Morgan fingerprint density at radius 2 is 1.85 bits per heavy atom. The van der Waals surface area contributed by atoms with Gasteiger partial charge in [-0.25, -0.2) is 0 Å². The molecule has 0 amide bonds. The van der Waals surface area contributed by atoms with E-state index in [1.165, 1.54) is 12.1 Å². The molecule has 0 radical (unpaired) electrons. The van der Waals surface area contributed by atoms with E-state index in [0.29, 0.717) is 11.3 Å². The van der Waals surface area contributed by atoms with Gasteiger partial charge in [0.15, 0.2) is 5.82 Å². The van der Waals surface area contributed by atoms with Crippen LogP contribution in [0.2, 0.25) is 10.0 Å². The van der Waals surface area contributed by atoms with Gasteiger partial charge < -0.3 is 9.95 Å². The highest BCUT2D eigenvalue weighted by Gasteiger charge is 2.38. The van der Waals surface area contributed by atoms with E-state index in [2.05, 4.69) is 20.1 Å². The van der Waals surface area contributed by atoms with Crippen molar-refractivity contribution in [2.75, 3.05) is 5.43 Å². The molecule has 0 unspecified atom stereocenters. The number of nitrogens with zero attached hydrogens (tertiary/aromatic N) is 2. The van der Waals surface area contributed by atoms with Crippen molar-refractivity contribution in [1.82, 2.24) is 10.1 Å². The van der Waals surface area contributed by atoms with Gasteiger partial charge in [0.2, 0.25) is 0 Å². The van der Waals surface area contributed by atoms with E-state index in [1.807, 2.05) is 0 Å². The van der Waals surface area contributed by atoms with Gasteiger partial charge in [0.05, 0.1) is 5.69 Å². The van der Waals surface area contributed by atoms with E-state index in [0.717, 1.165) is 0 Å². The number of rotatable bonds is 3. The third-order valence-corrected chi connectivity index (χ3v) is 3.03. The summed E-state index contributed by atoms with van der Waals surface area (Å²) in [5, 5.41) is 3.69. The molecule has 3 N–H and O–H groups in total. The number of benzene rings is 1. The number of nitrogens with two attached hydrogens (primary N) is 1. The summed E-state index contributed by atoms with van der Waals surface area (Å²) in [4.78, 5) is 3.24. The van der Waals surface area contributed by atoms with Crippen molar-refractivity contribution in [3.8, 4) is 0 Å². The molecule has 2 aromatic rings. The molecule has 1 heterocycles. The zero-order valence-electron chi connectivity index (χ0n) is 9.63. The van der Waals surface area contributed by atoms with Crippen molar-refractivity contribution in [3.63, 3.8) is 0 Å². The molecule has 0 aliphatic heterocycles. The Hall–Kier alpha value is -1.51. The van der Waals surface area contributed by atoms with Crippen LogP contribution < -0.4 is 11.3 Å². The van der Waals surface area contributed by atoms with Crippen molar-refractivity contribution in [2.45, 2.75) is 12.6 Å². The SMILES string of the molecule is NNc1cc(Cl)c(Cc2noc(C(F)(F)F)n2)c(Cl)c1. The highest BCUT2D eigenvalue weighted by Crippen LogP contribution is 2.31. The maximum atomic E-state index is 12.3. The first-order chi connectivity index (χ1) is 9.31. The molecule has 10 heteroatoms. The Balaban J connectivity index is 2.29. The lowest BCUT2D eigenvalue weighted by Gasteiger charge is -2.07. The van der Waals surface area contributed by atoms with Gasteiger partial charge >= 0.3 is 12.1 Å². The number of halogens is 5. The van der Waals surface area contributed by atoms with Gasteiger partial charge in [-0.05, 0) is 17.7 Å². The molecular formula is C10H7Cl2F3N4O. The van der Waals surface area contributed by atoms with Gasteiger partial charge in [0, 0.05) is 16.5 Å². The lowest BCUT2D eigenvalue weighted by molar-refractivity contribution is -0.159. The molecule has 1 aromatic heterocycles. The number of aromatic nitrogens is 2. The summed E-state index contributed by atoms with van der Waals surface area (Å²) in [6.45, 7) is 0. The third-order valence-electron chi connectivity index (χ3n) is 2.35. The van der Waals surface area contributed by atoms with Crippen LogP contribution in [0.15, 0.2) is 16.7 Å². The fraction of sp³-hybridized carbons (Fsp3) is 0.200. The van der Waals surface area contributed by atoms with Crippen LogP contribution >= 0.6 is 23.2 Å². The van der Waals surface area contributed by atoms with E-state index >= 15 is 0 Å². The van der Waals surface area contributed by atoms with Crippen LogP contribution in [0.1, 0.15) is 17.3 Å². The zero-order chi connectivity index (χ0) is 14.9. The second-order valence-electron chi connectivity index (χ2n) is 3.75. The third kappa shape index (κ3) is 3.14. The quantitative estimate of drug-likeness (QED) is 0.668. The molecule has 1 aromatic carbocycles. The lowest BCUT2D eigenvalue weighted by Crippen LogP contribution is -2.07. The van der Waals surface area contributed by atoms with E-state index in [9.17, 15) is 13.2 Å². The molecule has 20 heavy (non-hydrogen) atoms. The van der Waals surface area contributed by atoms with Crippen LogP contribution in [0.3, 0.4) is 0 Å². The summed E-state index contributed by atoms with van der Waals surface area (Å²) in [7, 11) is 0. The number of alkyl halides is 3. The minimum absolute atomic E-state index is 0.0951. The van der Waals surface area contributed by atoms with E-state index in [4.69, 9.17) is 29.0 Å². The first-order valence-electron chi connectivity index (χ1n) is 5.15. The summed E-state index contributed by atoms with van der Waals surface area (Å²) in [5.41, 5.74) is 3.20. The van der Waals surface area contributed by atoms with E-state index < -0.39 is 12.1 Å². The van der Waals surface area contributed by atoms with Crippen molar-refractivity contribution < 1.29 is 17.7 Å². The molecule has 0 saturated carbocycles. The molecular weight excluding hydrogens is 320 g/mol. The predicted molar refractivity (Wildman–Crippen MR) is 66.4 cm³/mol. The van der Waals surface area contributed by atoms with Gasteiger partial charge in [-0.2, -0.15) is 18.2 Å². The molecule has 0 atom stereocenters. The topological polar surface area (TPSA) is 77.0 Å². The average molecular weight is 327 g/mol. The second kappa shape index (κ2) is 5.47. The number of anilines is 1. The van der Waals surface area contributed by atoms with Gasteiger partial charge in [0.1, 0.15) is 0 Å². The van der Waals surface area contributed by atoms with Gasteiger partial charge in [-0.3, -0.25) is 5.84 Å². The Morgan fingerprint density at radius 3 is 2.30 bits per heavy atom. The summed E-state index contributed by atoms with van der Waals surface area (Å²) >= 11 is 11.9. The van der Waals surface area contributed by atoms with Crippen LogP contribution in [0.25, 0.3) is 0 Å². The fourth-order valence-electron chi connectivity index (χ4n) is 1.45. The fourth-order valence-corrected chi connectivity index (χ4v) is 2.07. The largest absolute Gasteiger partial charge is 0.471 e. The van der Waals surface area contributed by atoms with Gasteiger partial charge in [0.25, 0.3) is 0 Å². The Kier molecular flexibility index (Phi) is 4.07. The predicted octanol–water partition coefficient (Wildman–Crippen LogP) is 3.27. The summed E-state index contributed by atoms with van der Waals surface area (Å²) in [6.07, 6.45) is -4.78. The number of nitrogen functional groups attached to an aromatic ring is 1. The number of hydrogen-bond donors (Lipinski definition) is 2. The molecule has 0 aliphatic rings. The van der Waals surface area contributed by atoms with Crippen LogP contribution in [-0.2, 0) is 12.6 Å². The Labute approximate surface area is 120 Å². The summed E-state index contributed by atoms with van der Waals surface area (Å²) in [5.74, 6) is 3.62. The monoisotopic (exact) mass is 326 g/mol. The maximum absolute atomic E-state index is 12.3. The Morgan fingerprint density at radius 1 is 1.25 bits per heavy atom. The number of hydrazine groups is 1. The summed E-state index contributed by atoms with van der Waals surface area (Å²) in [6, 6.07) is 2.96. The van der Waals surface area contributed by atoms with Crippen molar-refractivity contribution in [1.29, 1.82) is 0 Å². The molecule has 0 spiro atoms. The second-order valence-corrected chi connectivity index (χ2v) is 4.57.